The number of carbonyl (C=O) groups excluding carboxylic acids is 1. The van der Waals surface area contributed by atoms with E-state index in [0.717, 1.165) is 21.9 Å². The Morgan fingerprint density at radius 1 is 1.00 bits per heavy atom. The largest absolute Gasteiger partial charge is 0.432 e. The number of hydrogen-bond acceptors (Lipinski definition) is 3. The third-order valence-corrected chi connectivity index (χ3v) is 3.82. The van der Waals surface area contributed by atoms with Crippen LogP contribution in [0.25, 0.3) is 10.8 Å². The molecule has 0 heterocycles. The van der Waals surface area contributed by atoms with Gasteiger partial charge in [0.15, 0.2) is 0 Å². The summed E-state index contributed by atoms with van der Waals surface area (Å²) >= 11 is 0. The summed E-state index contributed by atoms with van der Waals surface area (Å²) in [5, 5.41) is 2.08. The average Bonchev–Trinajstić information content (AvgIpc) is 2.65. The quantitative estimate of drug-likeness (QED) is 0.372. The minimum absolute atomic E-state index is 0.347. The van der Waals surface area contributed by atoms with Gasteiger partial charge in [-0.1, -0.05) is 79.4 Å². The van der Waals surface area contributed by atoms with E-state index in [-0.39, 0.29) is 0 Å². The maximum Gasteiger partial charge on any atom is 0.335 e. The third kappa shape index (κ3) is 4.01. The molecule has 3 nitrogen and oxygen atoms in total. The Labute approximate surface area is 147 Å². The predicted octanol–water partition coefficient (Wildman–Crippen LogP) is 5.08. The fraction of sp³-hybridized carbons (Fsp3) is 0.0909. The summed E-state index contributed by atoms with van der Waals surface area (Å²) in [6, 6.07) is 23.6. The molecule has 1 unspecified atom stereocenters. The van der Waals surface area contributed by atoms with E-state index in [4.69, 9.17) is 4.74 Å². The van der Waals surface area contributed by atoms with Crippen LogP contribution in [-0.4, -0.2) is 12.2 Å². The van der Waals surface area contributed by atoms with Crippen LogP contribution < -0.4 is 0 Å². The standard InChI is InChI=1S/C22H19NO2/c1-16(2)22(24)25-21(23-15-17-9-4-3-5-10-17)20-14-8-12-18-11-6-7-13-19(18)20/h3-15,21H,1H2,2H3. The van der Waals surface area contributed by atoms with E-state index in [9.17, 15) is 4.79 Å². The van der Waals surface area contributed by atoms with Crippen LogP contribution in [0, 0.1) is 0 Å². The molecule has 0 fully saturated rings. The first kappa shape index (κ1) is 16.7. The molecule has 0 saturated heterocycles. The van der Waals surface area contributed by atoms with Crippen LogP contribution in [0.4, 0.5) is 0 Å². The van der Waals surface area contributed by atoms with Gasteiger partial charge in [-0.25, -0.2) is 9.79 Å². The van der Waals surface area contributed by atoms with Gasteiger partial charge in [-0.15, -0.1) is 0 Å². The predicted molar refractivity (Wildman–Crippen MR) is 102 cm³/mol. The normalized spacial score (nSPS) is 12.2. The molecule has 0 amide bonds. The van der Waals surface area contributed by atoms with Crippen molar-refractivity contribution in [1.29, 1.82) is 0 Å². The smallest absolute Gasteiger partial charge is 0.335 e. The number of carbonyl (C=O) groups is 1. The summed E-state index contributed by atoms with van der Waals surface area (Å²) in [5.41, 5.74) is 2.14. The van der Waals surface area contributed by atoms with E-state index in [1.165, 1.54) is 0 Å². The molecule has 124 valence electrons. The van der Waals surface area contributed by atoms with Crippen LogP contribution in [0.5, 0.6) is 0 Å². The Hall–Kier alpha value is -3.20. The third-order valence-electron chi connectivity index (χ3n) is 3.82. The van der Waals surface area contributed by atoms with Gasteiger partial charge in [-0.05, 0) is 23.3 Å². The van der Waals surface area contributed by atoms with Crippen LogP contribution in [-0.2, 0) is 9.53 Å². The van der Waals surface area contributed by atoms with Gasteiger partial charge in [0, 0.05) is 17.4 Å². The molecule has 0 N–H and O–H groups in total. The number of fused-ring (bicyclic) bond motifs is 1. The highest BCUT2D eigenvalue weighted by molar-refractivity contribution is 5.89. The van der Waals surface area contributed by atoms with Gasteiger partial charge >= 0.3 is 5.97 Å². The summed E-state index contributed by atoms with van der Waals surface area (Å²) in [5.74, 6) is -0.455. The molecule has 0 aliphatic rings. The number of aliphatic imine (C=N–C) groups is 1. The number of ether oxygens (including phenoxy) is 1. The average molecular weight is 329 g/mol. The maximum absolute atomic E-state index is 12.1. The first-order valence-electron chi connectivity index (χ1n) is 8.07. The molecule has 3 aromatic carbocycles. The van der Waals surface area contributed by atoms with Crippen LogP contribution >= 0.6 is 0 Å². The number of nitrogens with zero attached hydrogens (tertiary/aromatic N) is 1. The molecule has 0 saturated carbocycles. The molecule has 0 spiro atoms. The molecule has 0 aromatic heterocycles. The molecule has 3 heteroatoms. The topological polar surface area (TPSA) is 38.7 Å². The second-order valence-corrected chi connectivity index (χ2v) is 5.80. The molecular weight excluding hydrogens is 310 g/mol. The van der Waals surface area contributed by atoms with Crippen molar-refractivity contribution in [3.05, 3.63) is 96.1 Å². The Kier molecular flexibility index (Phi) is 5.05. The monoisotopic (exact) mass is 329 g/mol. The van der Waals surface area contributed by atoms with Crippen LogP contribution in [0.1, 0.15) is 24.3 Å². The molecular formula is C22H19NO2. The number of hydrogen-bond donors (Lipinski definition) is 0. The van der Waals surface area contributed by atoms with Crippen LogP contribution in [0.2, 0.25) is 0 Å². The van der Waals surface area contributed by atoms with Crippen LogP contribution in [0.3, 0.4) is 0 Å². The van der Waals surface area contributed by atoms with Crippen molar-refractivity contribution in [3.8, 4) is 0 Å². The Bertz CT molecular complexity index is 924. The SMILES string of the molecule is C=C(C)C(=O)OC(N=Cc1ccccc1)c1cccc2ccccc12. The first-order valence-corrected chi connectivity index (χ1v) is 8.07. The van der Waals surface area contributed by atoms with E-state index in [1.807, 2.05) is 72.8 Å². The highest BCUT2D eigenvalue weighted by atomic mass is 16.6. The van der Waals surface area contributed by atoms with E-state index >= 15 is 0 Å². The lowest BCUT2D eigenvalue weighted by atomic mass is 10.0. The lowest BCUT2D eigenvalue weighted by Crippen LogP contribution is -2.11. The molecule has 1 atom stereocenters. The number of esters is 1. The van der Waals surface area contributed by atoms with Crippen molar-refractivity contribution in [3.63, 3.8) is 0 Å². The maximum atomic E-state index is 12.1. The van der Waals surface area contributed by atoms with Crippen molar-refractivity contribution in [2.24, 2.45) is 4.99 Å². The second kappa shape index (κ2) is 7.58. The van der Waals surface area contributed by atoms with Crippen molar-refractivity contribution in [2.75, 3.05) is 0 Å². The van der Waals surface area contributed by atoms with Gasteiger partial charge in [0.1, 0.15) is 0 Å². The molecule has 0 radical (unpaired) electrons. The van der Waals surface area contributed by atoms with Crippen molar-refractivity contribution >= 4 is 23.0 Å². The zero-order valence-corrected chi connectivity index (χ0v) is 14.1. The minimum Gasteiger partial charge on any atom is -0.432 e. The van der Waals surface area contributed by atoms with E-state index in [1.54, 1.807) is 13.1 Å². The molecule has 3 rings (SSSR count). The summed E-state index contributed by atoms with van der Waals surface area (Å²) in [6.07, 6.45) is 0.994. The van der Waals surface area contributed by atoms with Gasteiger partial charge in [0.05, 0.1) is 0 Å². The molecule has 25 heavy (non-hydrogen) atoms. The highest BCUT2D eigenvalue weighted by Gasteiger charge is 2.18. The Balaban J connectivity index is 2.02. The van der Waals surface area contributed by atoms with Crippen molar-refractivity contribution in [2.45, 2.75) is 13.2 Å². The fourth-order valence-corrected chi connectivity index (χ4v) is 2.53. The minimum atomic E-state index is -0.726. The van der Waals surface area contributed by atoms with Gasteiger partial charge in [0.2, 0.25) is 6.23 Å². The fourth-order valence-electron chi connectivity index (χ4n) is 2.53. The summed E-state index contributed by atoms with van der Waals surface area (Å²) in [7, 11) is 0. The highest BCUT2D eigenvalue weighted by Crippen LogP contribution is 2.28. The molecule has 0 aliphatic heterocycles. The molecule has 0 bridgehead atoms. The van der Waals surface area contributed by atoms with Gasteiger partial charge in [-0.2, -0.15) is 0 Å². The Morgan fingerprint density at radius 3 is 2.44 bits per heavy atom. The summed E-state index contributed by atoms with van der Waals surface area (Å²) in [4.78, 5) is 16.6. The number of rotatable bonds is 5. The molecule has 0 aliphatic carbocycles. The Morgan fingerprint density at radius 2 is 1.68 bits per heavy atom. The summed E-state index contributed by atoms with van der Waals surface area (Å²) < 4.78 is 5.59. The number of benzene rings is 3. The van der Waals surface area contributed by atoms with E-state index in [0.29, 0.717) is 5.57 Å². The second-order valence-electron chi connectivity index (χ2n) is 5.80. The zero-order valence-electron chi connectivity index (χ0n) is 14.1. The van der Waals surface area contributed by atoms with Gasteiger partial charge in [0.25, 0.3) is 0 Å². The van der Waals surface area contributed by atoms with Crippen molar-refractivity contribution in [1.82, 2.24) is 0 Å². The van der Waals surface area contributed by atoms with Gasteiger partial charge < -0.3 is 4.74 Å². The lowest BCUT2D eigenvalue weighted by Gasteiger charge is -2.16. The van der Waals surface area contributed by atoms with Crippen LogP contribution in [0.15, 0.2) is 89.9 Å². The first-order chi connectivity index (χ1) is 12.1. The molecule has 3 aromatic rings. The van der Waals surface area contributed by atoms with E-state index in [2.05, 4.69) is 11.6 Å². The summed E-state index contributed by atoms with van der Waals surface area (Å²) in [6.45, 7) is 5.28. The van der Waals surface area contributed by atoms with E-state index < -0.39 is 12.2 Å². The zero-order chi connectivity index (χ0) is 17.6. The lowest BCUT2D eigenvalue weighted by molar-refractivity contribution is -0.144. The van der Waals surface area contributed by atoms with Gasteiger partial charge in [-0.3, -0.25) is 0 Å². The van der Waals surface area contributed by atoms with Crippen molar-refractivity contribution < 1.29 is 9.53 Å².